The van der Waals surface area contributed by atoms with E-state index in [1.54, 1.807) is 6.08 Å². The maximum Gasteiger partial charge on any atom is 0.0443 e. The molecule has 2 N–H and O–H groups in total. The van der Waals surface area contributed by atoms with Crippen molar-refractivity contribution in [3.05, 3.63) is 45.8 Å². The topological polar surface area (TPSA) is 74.8 Å². The van der Waals surface area contributed by atoms with Crippen molar-refractivity contribution in [2.75, 3.05) is 12.3 Å². The lowest BCUT2D eigenvalue weighted by atomic mass is 9.86. The fourth-order valence-corrected chi connectivity index (χ4v) is 1.45. The molecule has 0 unspecified atom stereocenters. The summed E-state index contributed by atoms with van der Waals surface area (Å²) in [6.45, 7) is 6.82. The summed E-state index contributed by atoms with van der Waals surface area (Å²) in [5, 5.41) is 3.44. The molecule has 0 fully saturated rings. The molecule has 0 spiro atoms. The van der Waals surface area contributed by atoms with Gasteiger partial charge in [-0.25, -0.2) is 0 Å². The number of anilines is 1. The Kier molecular flexibility index (Phi) is 4.18. The third-order valence-corrected chi connectivity index (χ3v) is 2.50. The maximum atomic E-state index is 8.17. The summed E-state index contributed by atoms with van der Waals surface area (Å²) in [5.41, 5.74) is 17.1. The third-order valence-electron chi connectivity index (χ3n) is 2.50. The number of nitrogen functional groups attached to an aromatic ring is 1. The van der Waals surface area contributed by atoms with Crippen molar-refractivity contribution in [1.29, 1.82) is 0 Å². The van der Waals surface area contributed by atoms with Crippen LogP contribution in [0.5, 0.6) is 0 Å². The SMILES string of the molecule is CC(C)(C)c1ccc(N)c(C=CCN=[N+]=[N-])c1. The molecule has 17 heavy (non-hydrogen) atoms. The number of azide groups is 1. The van der Waals surface area contributed by atoms with Crippen LogP contribution in [-0.2, 0) is 5.41 Å². The maximum absolute atomic E-state index is 8.17. The van der Waals surface area contributed by atoms with Crippen LogP contribution >= 0.6 is 0 Å². The number of hydrogen-bond acceptors (Lipinski definition) is 2. The van der Waals surface area contributed by atoms with E-state index in [1.807, 2.05) is 18.2 Å². The second-order valence-electron chi connectivity index (χ2n) is 4.91. The van der Waals surface area contributed by atoms with Crippen molar-refractivity contribution >= 4 is 11.8 Å². The Hall–Kier alpha value is -1.93. The van der Waals surface area contributed by atoms with Crippen molar-refractivity contribution in [1.82, 2.24) is 0 Å². The van der Waals surface area contributed by atoms with Crippen LogP contribution in [-0.4, -0.2) is 6.54 Å². The van der Waals surface area contributed by atoms with Crippen LogP contribution in [0.1, 0.15) is 31.9 Å². The third kappa shape index (κ3) is 3.85. The number of nitrogens with two attached hydrogens (primary N) is 1. The van der Waals surface area contributed by atoms with E-state index in [4.69, 9.17) is 11.3 Å². The summed E-state index contributed by atoms with van der Waals surface area (Å²) in [4.78, 5) is 2.69. The van der Waals surface area contributed by atoms with E-state index >= 15 is 0 Å². The Morgan fingerprint density at radius 3 is 2.71 bits per heavy atom. The first-order valence-corrected chi connectivity index (χ1v) is 5.52. The second kappa shape index (κ2) is 5.41. The van der Waals surface area contributed by atoms with Crippen LogP contribution in [0.3, 0.4) is 0 Å². The van der Waals surface area contributed by atoms with Crippen molar-refractivity contribution < 1.29 is 0 Å². The first-order chi connectivity index (χ1) is 7.95. The Morgan fingerprint density at radius 1 is 1.41 bits per heavy atom. The molecule has 1 aromatic carbocycles. The summed E-state index contributed by atoms with van der Waals surface area (Å²) >= 11 is 0. The zero-order chi connectivity index (χ0) is 12.9. The molecule has 0 aliphatic carbocycles. The molecule has 0 bridgehead atoms. The number of benzene rings is 1. The Balaban J connectivity index is 2.99. The average molecular weight is 230 g/mol. The largest absolute Gasteiger partial charge is 0.398 e. The first kappa shape index (κ1) is 13.1. The molecule has 1 aromatic rings. The van der Waals surface area contributed by atoms with Crippen LogP contribution in [0.4, 0.5) is 5.69 Å². The standard InChI is InChI=1S/C13H18N4/c1-13(2,3)11-6-7-12(14)10(9-11)5-4-8-16-17-15/h4-7,9H,8,14H2,1-3H3. The van der Waals surface area contributed by atoms with Gasteiger partial charge in [-0.3, -0.25) is 0 Å². The normalized spacial score (nSPS) is 11.5. The van der Waals surface area contributed by atoms with Gasteiger partial charge in [-0.05, 0) is 34.2 Å². The van der Waals surface area contributed by atoms with E-state index in [2.05, 4.69) is 36.9 Å². The lowest BCUT2D eigenvalue weighted by Gasteiger charge is -2.20. The van der Waals surface area contributed by atoms with Crippen LogP contribution in [0.25, 0.3) is 16.5 Å². The van der Waals surface area contributed by atoms with Gasteiger partial charge < -0.3 is 5.73 Å². The minimum Gasteiger partial charge on any atom is -0.398 e. The summed E-state index contributed by atoms with van der Waals surface area (Å²) in [5.74, 6) is 0. The van der Waals surface area contributed by atoms with Crippen LogP contribution in [0, 0.1) is 0 Å². The number of nitrogens with zero attached hydrogens (tertiary/aromatic N) is 3. The van der Waals surface area contributed by atoms with Gasteiger partial charge >= 0.3 is 0 Å². The van der Waals surface area contributed by atoms with E-state index in [9.17, 15) is 0 Å². The fourth-order valence-electron chi connectivity index (χ4n) is 1.45. The highest BCUT2D eigenvalue weighted by Crippen LogP contribution is 2.26. The van der Waals surface area contributed by atoms with Crippen molar-refractivity contribution in [2.24, 2.45) is 5.11 Å². The van der Waals surface area contributed by atoms with Crippen molar-refractivity contribution in [3.63, 3.8) is 0 Å². The van der Waals surface area contributed by atoms with E-state index in [-0.39, 0.29) is 5.41 Å². The van der Waals surface area contributed by atoms with Gasteiger partial charge in [-0.1, -0.05) is 44.1 Å². The fraction of sp³-hybridized carbons (Fsp3) is 0.385. The van der Waals surface area contributed by atoms with E-state index in [0.29, 0.717) is 6.54 Å². The lowest BCUT2D eigenvalue weighted by molar-refractivity contribution is 0.590. The predicted octanol–water partition coefficient (Wildman–Crippen LogP) is 3.89. The molecule has 0 atom stereocenters. The molecule has 0 aromatic heterocycles. The smallest absolute Gasteiger partial charge is 0.0443 e. The number of hydrogen-bond donors (Lipinski definition) is 1. The number of rotatable bonds is 3. The molecule has 4 heteroatoms. The zero-order valence-corrected chi connectivity index (χ0v) is 10.5. The Bertz CT molecular complexity index is 463. The summed E-state index contributed by atoms with van der Waals surface area (Å²) < 4.78 is 0. The highest BCUT2D eigenvalue weighted by Gasteiger charge is 2.13. The molecule has 4 nitrogen and oxygen atoms in total. The average Bonchev–Trinajstić information content (AvgIpc) is 2.25. The summed E-state index contributed by atoms with van der Waals surface area (Å²) in [7, 11) is 0. The molecule has 0 aliphatic rings. The molecule has 0 radical (unpaired) electrons. The lowest BCUT2D eigenvalue weighted by Crippen LogP contribution is -2.11. The van der Waals surface area contributed by atoms with E-state index in [0.717, 1.165) is 11.3 Å². The molecule has 0 aliphatic heterocycles. The molecule has 0 saturated heterocycles. The monoisotopic (exact) mass is 230 g/mol. The molecule has 90 valence electrons. The van der Waals surface area contributed by atoms with Gasteiger partial charge in [-0.2, -0.15) is 0 Å². The second-order valence-corrected chi connectivity index (χ2v) is 4.91. The van der Waals surface area contributed by atoms with Gasteiger partial charge in [0.2, 0.25) is 0 Å². The molecule has 0 amide bonds. The van der Waals surface area contributed by atoms with Gasteiger partial charge in [0.25, 0.3) is 0 Å². The molecule has 0 heterocycles. The first-order valence-electron chi connectivity index (χ1n) is 5.52. The molecule has 1 rings (SSSR count). The zero-order valence-electron chi connectivity index (χ0n) is 10.5. The van der Waals surface area contributed by atoms with Gasteiger partial charge in [0, 0.05) is 17.1 Å². The Morgan fingerprint density at radius 2 is 2.12 bits per heavy atom. The van der Waals surface area contributed by atoms with Crippen molar-refractivity contribution in [3.8, 4) is 0 Å². The molecule has 0 saturated carbocycles. The minimum absolute atomic E-state index is 0.0983. The van der Waals surface area contributed by atoms with E-state index < -0.39 is 0 Å². The quantitative estimate of drug-likeness (QED) is 0.363. The predicted molar refractivity (Wildman–Crippen MR) is 72.6 cm³/mol. The highest BCUT2D eigenvalue weighted by atomic mass is 15.1. The van der Waals surface area contributed by atoms with E-state index in [1.165, 1.54) is 5.56 Å². The molecular formula is C13H18N4. The van der Waals surface area contributed by atoms with Gasteiger partial charge in [0.1, 0.15) is 0 Å². The van der Waals surface area contributed by atoms with Crippen LogP contribution in [0.15, 0.2) is 29.4 Å². The van der Waals surface area contributed by atoms with Gasteiger partial charge in [-0.15, -0.1) is 0 Å². The summed E-state index contributed by atoms with van der Waals surface area (Å²) in [6.07, 6.45) is 3.69. The van der Waals surface area contributed by atoms with Crippen LogP contribution < -0.4 is 5.73 Å². The van der Waals surface area contributed by atoms with Gasteiger partial charge in [0.05, 0.1) is 0 Å². The summed E-state index contributed by atoms with van der Waals surface area (Å²) in [6, 6.07) is 6.02. The molecular weight excluding hydrogens is 212 g/mol. The minimum atomic E-state index is 0.0983. The Labute approximate surface area is 102 Å². The van der Waals surface area contributed by atoms with Gasteiger partial charge in [0.15, 0.2) is 0 Å². The van der Waals surface area contributed by atoms with Crippen molar-refractivity contribution in [2.45, 2.75) is 26.2 Å². The highest BCUT2D eigenvalue weighted by molar-refractivity contribution is 5.65. The van der Waals surface area contributed by atoms with Crippen LogP contribution in [0.2, 0.25) is 0 Å².